The normalized spacial score (nSPS) is 31.4. The second-order valence-electron chi connectivity index (χ2n) is 6.20. The molecule has 94 valence electrons. The van der Waals surface area contributed by atoms with Gasteiger partial charge < -0.3 is 10.2 Å². The van der Waals surface area contributed by atoms with Gasteiger partial charge in [-0.25, -0.2) is 0 Å². The van der Waals surface area contributed by atoms with Crippen LogP contribution in [0.2, 0.25) is 0 Å². The Labute approximate surface area is 97.9 Å². The van der Waals surface area contributed by atoms with Gasteiger partial charge in [0.2, 0.25) is 0 Å². The van der Waals surface area contributed by atoms with Crippen LogP contribution in [0.15, 0.2) is 0 Å². The van der Waals surface area contributed by atoms with Crippen molar-refractivity contribution in [2.75, 3.05) is 6.61 Å². The lowest BCUT2D eigenvalue weighted by Crippen LogP contribution is -2.38. The van der Waals surface area contributed by atoms with Crippen molar-refractivity contribution >= 4 is 5.97 Å². The standard InChI is InChI=1S/C13H24O3/c1-12(2,3)10-4-6-13(7-5-10,8-9-14)11(15)16/h10,14H,4-9H2,1-3H3,(H,15,16). The fourth-order valence-corrected chi connectivity index (χ4v) is 2.82. The highest BCUT2D eigenvalue weighted by Gasteiger charge is 2.43. The van der Waals surface area contributed by atoms with E-state index < -0.39 is 11.4 Å². The quantitative estimate of drug-likeness (QED) is 0.780. The maximum atomic E-state index is 11.3. The third kappa shape index (κ3) is 2.76. The number of rotatable bonds is 3. The summed E-state index contributed by atoms with van der Waals surface area (Å²) < 4.78 is 0. The number of aliphatic carboxylic acids is 1. The minimum absolute atomic E-state index is 0.0213. The van der Waals surface area contributed by atoms with Crippen molar-refractivity contribution in [3.8, 4) is 0 Å². The van der Waals surface area contributed by atoms with E-state index in [9.17, 15) is 9.90 Å². The molecule has 2 N–H and O–H groups in total. The average molecular weight is 228 g/mol. The number of hydrogen-bond donors (Lipinski definition) is 2. The molecule has 3 nitrogen and oxygen atoms in total. The minimum atomic E-state index is -0.728. The van der Waals surface area contributed by atoms with E-state index in [1.807, 2.05) is 0 Å². The molecular weight excluding hydrogens is 204 g/mol. The molecule has 0 aliphatic heterocycles. The van der Waals surface area contributed by atoms with Gasteiger partial charge in [-0.2, -0.15) is 0 Å². The molecule has 0 atom stereocenters. The lowest BCUT2D eigenvalue weighted by molar-refractivity contribution is -0.153. The van der Waals surface area contributed by atoms with Gasteiger partial charge in [-0.05, 0) is 43.4 Å². The first kappa shape index (κ1) is 13.5. The largest absolute Gasteiger partial charge is 0.481 e. The van der Waals surface area contributed by atoms with Crippen molar-refractivity contribution in [1.82, 2.24) is 0 Å². The van der Waals surface area contributed by atoms with E-state index in [2.05, 4.69) is 20.8 Å². The lowest BCUT2D eigenvalue weighted by atomic mass is 9.63. The first-order chi connectivity index (χ1) is 7.32. The first-order valence-corrected chi connectivity index (χ1v) is 6.16. The summed E-state index contributed by atoms with van der Waals surface area (Å²) in [6.45, 7) is 6.64. The molecule has 0 radical (unpaired) electrons. The van der Waals surface area contributed by atoms with Crippen LogP contribution in [0, 0.1) is 16.7 Å². The van der Waals surface area contributed by atoms with Crippen molar-refractivity contribution in [2.45, 2.75) is 52.9 Å². The Bertz CT molecular complexity index is 244. The Morgan fingerprint density at radius 2 is 1.81 bits per heavy atom. The van der Waals surface area contributed by atoms with E-state index in [4.69, 9.17) is 5.11 Å². The predicted octanol–water partition coefficient (Wildman–Crippen LogP) is 2.68. The SMILES string of the molecule is CC(C)(C)C1CCC(CCO)(C(=O)O)CC1. The molecule has 1 saturated carbocycles. The Morgan fingerprint density at radius 1 is 1.31 bits per heavy atom. The molecule has 1 rings (SSSR count). The Morgan fingerprint density at radius 3 is 2.12 bits per heavy atom. The van der Waals surface area contributed by atoms with Crippen LogP contribution in [0.4, 0.5) is 0 Å². The molecule has 0 aromatic rings. The monoisotopic (exact) mass is 228 g/mol. The van der Waals surface area contributed by atoms with E-state index >= 15 is 0 Å². The summed E-state index contributed by atoms with van der Waals surface area (Å²) in [6, 6.07) is 0. The molecule has 1 fully saturated rings. The van der Waals surface area contributed by atoms with Crippen LogP contribution in [0.5, 0.6) is 0 Å². The number of carbonyl (C=O) groups is 1. The van der Waals surface area contributed by atoms with Crippen molar-refractivity contribution in [3.05, 3.63) is 0 Å². The van der Waals surface area contributed by atoms with Crippen LogP contribution in [0.25, 0.3) is 0 Å². The van der Waals surface area contributed by atoms with Gasteiger partial charge in [-0.15, -0.1) is 0 Å². The highest BCUT2D eigenvalue weighted by Crippen LogP contribution is 2.47. The fourth-order valence-electron chi connectivity index (χ4n) is 2.82. The second kappa shape index (κ2) is 4.74. The van der Waals surface area contributed by atoms with Crippen molar-refractivity contribution in [1.29, 1.82) is 0 Å². The average Bonchev–Trinajstić information content (AvgIpc) is 2.17. The fraction of sp³-hybridized carbons (Fsp3) is 0.923. The van der Waals surface area contributed by atoms with E-state index in [1.165, 1.54) is 0 Å². The van der Waals surface area contributed by atoms with Gasteiger partial charge in [0.05, 0.1) is 5.41 Å². The highest BCUT2D eigenvalue weighted by molar-refractivity contribution is 5.74. The van der Waals surface area contributed by atoms with E-state index in [1.54, 1.807) is 0 Å². The molecule has 0 amide bonds. The Balaban J connectivity index is 2.67. The van der Waals surface area contributed by atoms with Crippen molar-refractivity contribution < 1.29 is 15.0 Å². The number of carboxylic acids is 1. The van der Waals surface area contributed by atoms with E-state index in [0.717, 1.165) is 12.8 Å². The summed E-state index contributed by atoms with van der Waals surface area (Å²) in [5.41, 5.74) is -0.389. The first-order valence-electron chi connectivity index (χ1n) is 6.16. The van der Waals surface area contributed by atoms with Crippen molar-refractivity contribution in [3.63, 3.8) is 0 Å². The Kier molecular flexibility index (Phi) is 4.00. The van der Waals surface area contributed by atoms with Crippen molar-refractivity contribution in [2.24, 2.45) is 16.7 Å². The third-order valence-corrected chi connectivity index (χ3v) is 4.21. The van der Waals surface area contributed by atoms with Crippen LogP contribution in [-0.2, 0) is 4.79 Å². The summed E-state index contributed by atoms with van der Waals surface area (Å²) in [4.78, 5) is 11.3. The smallest absolute Gasteiger partial charge is 0.309 e. The number of hydrogen-bond acceptors (Lipinski definition) is 2. The van der Waals surface area contributed by atoms with Gasteiger partial charge >= 0.3 is 5.97 Å². The summed E-state index contributed by atoms with van der Waals surface area (Å²) in [6.07, 6.45) is 3.76. The third-order valence-electron chi connectivity index (χ3n) is 4.21. The number of carboxylic acid groups (broad SMARTS) is 1. The molecule has 0 heterocycles. The van der Waals surface area contributed by atoms with Gasteiger partial charge in [0.25, 0.3) is 0 Å². The van der Waals surface area contributed by atoms with Crippen LogP contribution >= 0.6 is 0 Å². The van der Waals surface area contributed by atoms with E-state index in [0.29, 0.717) is 25.2 Å². The van der Waals surface area contributed by atoms with Crippen LogP contribution in [0.3, 0.4) is 0 Å². The van der Waals surface area contributed by atoms with Crippen LogP contribution in [-0.4, -0.2) is 22.8 Å². The molecule has 0 bridgehead atoms. The van der Waals surface area contributed by atoms with Gasteiger partial charge in [-0.1, -0.05) is 20.8 Å². The van der Waals surface area contributed by atoms with Crippen LogP contribution in [0.1, 0.15) is 52.9 Å². The molecule has 0 spiro atoms. The molecule has 1 aliphatic rings. The van der Waals surface area contributed by atoms with Crippen LogP contribution < -0.4 is 0 Å². The summed E-state index contributed by atoms with van der Waals surface area (Å²) in [5, 5.41) is 18.3. The number of aliphatic hydroxyl groups excluding tert-OH is 1. The molecule has 3 heteroatoms. The zero-order valence-electron chi connectivity index (χ0n) is 10.6. The number of aliphatic hydroxyl groups is 1. The van der Waals surface area contributed by atoms with Gasteiger partial charge in [0.15, 0.2) is 0 Å². The maximum Gasteiger partial charge on any atom is 0.309 e. The molecule has 0 aromatic heterocycles. The van der Waals surface area contributed by atoms with E-state index in [-0.39, 0.29) is 12.0 Å². The Hall–Kier alpha value is -0.570. The predicted molar refractivity (Wildman–Crippen MR) is 63.2 cm³/mol. The zero-order chi connectivity index (χ0) is 12.4. The molecular formula is C13H24O3. The molecule has 0 aromatic carbocycles. The van der Waals surface area contributed by atoms with Gasteiger partial charge in [0, 0.05) is 6.61 Å². The van der Waals surface area contributed by atoms with Gasteiger partial charge in [-0.3, -0.25) is 4.79 Å². The highest BCUT2D eigenvalue weighted by atomic mass is 16.4. The van der Waals surface area contributed by atoms with Gasteiger partial charge in [0.1, 0.15) is 0 Å². The minimum Gasteiger partial charge on any atom is -0.481 e. The summed E-state index contributed by atoms with van der Waals surface area (Å²) in [7, 11) is 0. The zero-order valence-corrected chi connectivity index (χ0v) is 10.6. The topological polar surface area (TPSA) is 57.5 Å². The lowest BCUT2D eigenvalue weighted by Gasteiger charge is -2.41. The summed E-state index contributed by atoms with van der Waals surface area (Å²) in [5.74, 6) is -0.118. The maximum absolute atomic E-state index is 11.3. The second-order valence-corrected chi connectivity index (χ2v) is 6.20. The molecule has 0 saturated heterocycles. The molecule has 0 unspecified atom stereocenters. The molecule has 16 heavy (non-hydrogen) atoms. The molecule has 1 aliphatic carbocycles. The summed E-state index contributed by atoms with van der Waals surface area (Å²) >= 11 is 0.